The third-order valence-corrected chi connectivity index (χ3v) is 7.30. The standard InChI is InChI=1S/C37H40O5/c1-2-15-33-35(39-25-30-18-9-4-10-19-30)37(41-27-32-22-13-6-14-23-32)36(40-26-31-20-11-5-12-21-31)34(42-33)28-38-24-29-16-7-3-8-17-29/h2-23,33-37H,24-28H2,1H3/b15-2-/t33-,34-,35+,36+,37-/m1/s1. The van der Waals surface area contributed by atoms with Crippen molar-refractivity contribution in [2.45, 2.75) is 63.9 Å². The number of hydrogen-bond donors (Lipinski definition) is 0. The maximum atomic E-state index is 6.72. The van der Waals surface area contributed by atoms with E-state index in [0.717, 1.165) is 22.3 Å². The summed E-state index contributed by atoms with van der Waals surface area (Å²) in [4.78, 5) is 0. The van der Waals surface area contributed by atoms with Crippen LogP contribution in [0.5, 0.6) is 0 Å². The van der Waals surface area contributed by atoms with E-state index in [9.17, 15) is 0 Å². The molecule has 4 aromatic carbocycles. The van der Waals surface area contributed by atoms with Crippen molar-refractivity contribution in [2.75, 3.05) is 6.61 Å². The molecule has 0 bridgehead atoms. The maximum Gasteiger partial charge on any atom is 0.116 e. The van der Waals surface area contributed by atoms with Crippen molar-refractivity contribution in [3.8, 4) is 0 Å². The van der Waals surface area contributed by atoms with Gasteiger partial charge in [0, 0.05) is 0 Å². The minimum atomic E-state index is -0.424. The molecule has 5 atom stereocenters. The molecule has 218 valence electrons. The van der Waals surface area contributed by atoms with Gasteiger partial charge in [0.15, 0.2) is 0 Å². The van der Waals surface area contributed by atoms with Gasteiger partial charge in [0.05, 0.1) is 33.0 Å². The fourth-order valence-electron chi connectivity index (χ4n) is 5.17. The van der Waals surface area contributed by atoms with Crippen LogP contribution in [0, 0.1) is 0 Å². The first-order chi connectivity index (χ1) is 20.8. The summed E-state index contributed by atoms with van der Waals surface area (Å²) in [6.45, 7) is 4.14. The third kappa shape index (κ3) is 8.71. The van der Waals surface area contributed by atoms with Gasteiger partial charge in [-0.05, 0) is 29.2 Å². The van der Waals surface area contributed by atoms with Crippen LogP contribution in [0.2, 0.25) is 0 Å². The summed E-state index contributed by atoms with van der Waals surface area (Å²) < 4.78 is 32.9. The molecule has 5 nitrogen and oxygen atoms in total. The Morgan fingerprint density at radius 2 is 0.929 bits per heavy atom. The lowest BCUT2D eigenvalue weighted by Gasteiger charge is -2.45. The molecule has 0 aromatic heterocycles. The van der Waals surface area contributed by atoms with Gasteiger partial charge in [0.2, 0.25) is 0 Å². The minimum absolute atomic E-state index is 0.332. The largest absolute Gasteiger partial charge is 0.374 e. The van der Waals surface area contributed by atoms with Crippen LogP contribution in [0.4, 0.5) is 0 Å². The lowest BCUT2D eigenvalue weighted by molar-refractivity contribution is -0.263. The maximum absolute atomic E-state index is 6.72. The highest BCUT2D eigenvalue weighted by molar-refractivity contribution is 5.17. The number of allylic oxidation sites excluding steroid dienone is 1. The Kier molecular flexibility index (Phi) is 11.5. The van der Waals surface area contributed by atoms with Crippen LogP contribution in [-0.2, 0) is 50.1 Å². The van der Waals surface area contributed by atoms with E-state index in [-0.39, 0.29) is 12.2 Å². The van der Waals surface area contributed by atoms with Crippen LogP contribution in [0.25, 0.3) is 0 Å². The van der Waals surface area contributed by atoms with E-state index in [1.807, 2.05) is 91.9 Å². The second-order valence-corrected chi connectivity index (χ2v) is 10.4. The number of rotatable bonds is 14. The molecule has 0 unspecified atom stereocenters. The first kappa shape index (κ1) is 29.9. The zero-order valence-electron chi connectivity index (χ0n) is 24.2. The van der Waals surface area contributed by atoms with Crippen LogP contribution < -0.4 is 0 Å². The Morgan fingerprint density at radius 1 is 0.524 bits per heavy atom. The van der Waals surface area contributed by atoms with E-state index < -0.39 is 18.3 Å². The highest BCUT2D eigenvalue weighted by Crippen LogP contribution is 2.31. The van der Waals surface area contributed by atoms with Crippen molar-refractivity contribution in [3.05, 3.63) is 156 Å². The molecule has 42 heavy (non-hydrogen) atoms. The van der Waals surface area contributed by atoms with Crippen molar-refractivity contribution in [1.29, 1.82) is 0 Å². The molecular weight excluding hydrogens is 524 g/mol. The molecule has 5 rings (SSSR count). The molecule has 1 heterocycles. The molecule has 4 aromatic rings. The average molecular weight is 565 g/mol. The molecule has 0 aliphatic carbocycles. The van der Waals surface area contributed by atoms with E-state index >= 15 is 0 Å². The monoisotopic (exact) mass is 564 g/mol. The van der Waals surface area contributed by atoms with Gasteiger partial charge in [0.25, 0.3) is 0 Å². The first-order valence-corrected chi connectivity index (χ1v) is 14.7. The van der Waals surface area contributed by atoms with E-state index in [1.165, 1.54) is 0 Å². The summed E-state index contributed by atoms with van der Waals surface area (Å²) in [7, 11) is 0. The summed E-state index contributed by atoms with van der Waals surface area (Å²) in [5.41, 5.74) is 4.38. The van der Waals surface area contributed by atoms with Crippen LogP contribution in [-0.4, -0.2) is 37.1 Å². The molecule has 0 saturated carbocycles. The highest BCUT2D eigenvalue weighted by atomic mass is 16.6. The number of benzene rings is 4. The number of ether oxygens (including phenoxy) is 5. The third-order valence-electron chi connectivity index (χ3n) is 7.30. The Labute approximate surface area is 249 Å². The van der Waals surface area contributed by atoms with Gasteiger partial charge in [-0.15, -0.1) is 0 Å². The van der Waals surface area contributed by atoms with Crippen molar-refractivity contribution in [1.82, 2.24) is 0 Å². The summed E-state index contributed by atoms with van der Waals surface area (Å²) >= 11 is 0. The highest BCUT2D eigenvalue weighted by Gasteiger charge is 2.47. The average Bonchev–Trinajstić information content (AvgIpc) is 3.05. The Bertz CT molecular complexity index is 1310. The predicted molar refractivity (Wildman–Crippen MR) is 165 cm³/mol. The second kappa shape index (κ2) is 16.2. The topological polar surface area (TPSA) is 46.2 Å². The van der Waals surface area contributed by atoms with Gasteiger partial charge in [-0.3, -0.25) is 0 Å². The van der Waals surface area contributed by atoms with Crippen LogP contribution in [0.1, 0.15) is 29.2 Å². The van der Waals surface area contributed by atoms with E-state index in [1.54, 1.807) is 0 Å². The Balaban J connectivity index is 1.41. The molecule has 1 aliphatic heterocycles. The molecule has 0 N–H and O–H groups in total. The smallest absolute Gasteiger partial charge is 0.116 e. The summed E-state index contributed by atoms with van der Waals surface area (Å²) in [6.07, 6.45) is 2.13. The predicted octanol–water partition coefficient (Wildman–Crippen LogP) is 7.30. The SMILES string of the molecule is C/C=C\[C@H]1O[C@H](COCc2ccccc2)[C@H](OCc2ccccc2)[C@H](OCc2ccccc2)[C@H]1OCc1ccccc1. The van der Waals surface area contributed by atoms with Crippen molar-refractivity contribution in [3.63, 3.8) is 0 Å². The first-order valence-electron chi connectivity index (χ1n) is 14.7. The normalized spacial score (nSPS) is 22.4. The molecule has 1 saturated heterocycles. The van der Waals surface area contributed by atoms with Gasteiger partial charge in [-0.1, -0.05) is 133 Å². The van der Waals surface area contributed by atoms with Gasteiger partial charge < -0.3 is 23.7 Å². The molecule has 0 amide bonds. The second-order valence-electron chi connectivity index (χ2n) is 10.4. The molecule has 0 spiro atoms. The van der Waals surface area contributed by atoms with Gasteiger partial charge in [-0.2, -0.15) is 0 Å². The Morgan fingerprint density at radius 3 is 1.38 bits per heavy atom. The molecular formula is C37H40O5. The molecule has 1 aliphatic rings. The lowest BCUT2D eigenvalue weighted by Crippen LogP contribution is -2.60. The fraction of sp³-hybridized carbons (Fsp3) is 0.297. The van der Waals surface area contributed by atoms with Crippen molar-refractivity contribution in [2.24, 2.45) is 0 Å². The van der Waals surface area contributed by atoms with Crippen LogP contribution in [0.3, 0.4) is 0 Å². The number of hydrogen-bond acceptors (Lipinski definition) is 5. The van der Waals surface area contributed by atoms with Gasteiger partial charge in [0.1, 0.15) is 30.5 Å². The molecule has 1 fully saturated rings. The lowest BCUT2D eigenvalue weighted by atomic mass is 9.93. The van der Waals surface area contributed by atoms with Gasteiger partial charge >= 0.3 is 0 Å². The molecule has 5 heteroatoms. The van der Waals surface area contributed by atoms with Gasteiger partial charge in [-0.25, -0.2) is 0 Å². The quantitative estimate of drug-likeness (QED) is 0.150. The summed E-state index contributed by atoms with van der Waals surface area (Å²) in [5.74, 6) is 0. The van der Waals surface area contributed by atoms with Crippen LogP contribution >= 0.6 is 0 Å². The molecule has 0 radical (unpaired) electrons. The fourth-order valence-corrected chi connectivity index (χ4v) is 5.17. The van der Waals surface area contributed by atoms with E-state index in [0.29, 0.717) is 33.0 Å². The Hall–Kier alpha value is -3.58. The van der Waals surface area contributed by atoms with E-state index in [2.05, 4.69) is 48.5 Å². The summed E-state index contributed by atoms with van der Waals surface area (Å²) in [5, 5.41) is 0. The zero-order valence-corrected chi connectivity index (χ0v) is 24.2. The minimum Gasteiger partial charge on any atom is -0.374 e. The van der Waals surface area contributed by atoms with Crippen molar-refractivity contribution >= 4 is 0 Å². The zero-order chi connectivity index (χ0) is 28.8. The van der Waals surface area contributed by atoms with Crippen LogP contribution in [0.15, 0.2) is 133 Å². The van der Waals surface area contributed by atoms with E-state index in [4.69, 9.17) is 23.7 Å². The summed E-state index contributed by atoms with van der Waals surface area (Å²) in [6, 6.07) is 40.8. The van der Waals surface area contributed by atoms with Crippen molar-refractivity contribution < 1.29 is 23.7 Å².